The minimum Gasteiger partial charge on any atom is -0.365 e. The van der Waals surface area contributed by atoms with Crippen LogP contribution in [0.3, 0.4) is 0 Å². The van der Waals surface area contributed by atoms with Crippen LogP contribution in [-0.4, -0.2) is 22.9 Å². The molecular formula is C52H32IrN6+. The summed E-state index contributed by atoms with van der Waals surface area (Å²) in [5, 5.41) is 10.3. The molecule has 0 radical (unpaired) electrons. The first kappa shape index (κ1) is 34.0. The van der Waals surface area contributed by atoms with Gasteiger partial charge in [-0.3, -0.25) is 4.98 Å². The summed E-state index contributed by atoms with van der Waals surface area (Å²) in [6, 6.07) is 62.4. The van der Waals surface area contributed by atoms with E-state index in [1.807, 2.05) is 64.7 Å². The van der Waals surface area contributed by atoms with E-state index in [1.165, 1.54) is 81.7 Å². The van der Waals surface area contributed by atoms with Gasteiger partial charge in [-0.2, -0.15) is 30.3 Å². The first-order valence-corrected chi connectivity index (χ1v) is 19.6. The van der Waals surface area contributed by atoms with E-state index in [9.17, 15) is 0 Å². The quantitative estimate of drug-likeness (QED) is 0.126. The molecule has 0 saturated carbocycles. The van der Waals surface area contributed by atoms with E-state index in [4.69, 9.17) is 4.98 Å². The van der Waals surface area contributed by atoms with E-state index < -0.39 is 0 Å². The summed E-state index contributed by atoms with van der Waals surface area (Å²) in [5.41, 5.74) is 14.1. The molecule has 14 aromatic rings. The third-order valence-electron chi connectivity index (χ3n) is 12.3. The van der Waals surface area contributed by atoms with Gasteiger partial charge in [0, 0.05) is 50.1 Å². The maximum atomic E-state index is 5.10. The molecule has 0 aliphatic carbocycles. The third-order valence-corrected chi connectivity index (χ3v) is 12.3. The van der Waals surface area contributed by atoms with Gasteiger partial charge in [-0.1, -0.05) is 84.6 Å². The van der Waals surface area contributed by atoms with Crippen molar-refractivity contribution in [1.29, 1.82) is 0 Å². The Bertz CT molecular complexity index is 3930. The van der Waals surface area contributed by atoms with E-state index in [0.29, 0.717) is 0 Å². The zero-order valence-electron chi connectivity index (χ0n) is 32.0. The fourth-order valence-corrected chi connectivity index (χ4v) is 9.84. The van der Waals surface area contributed by atoms with Gasteiger partial charge in [-0.15, -0.1) is 35.9 Å². The van der Waals surface area contributed by atoms with E-state index in [0.717, 1.165) is 33.6 Å². The van der Waals surface area contributed by atoms with Gasteiger partial charge in [0.2, 0.25) is 6.33 Å². The standard InChI is InChI=1S/C38H21N4.C14H11N2.Ir/c1-40-37-30(39-38(40)21-9-3-2-4-10-21)18-17-27-24-13-8-15-26-29-19-32-28(20-33(29)42(35(24)26)36(27)37)25-14-7-12-23-22-11-5-6-16-31(22)41(32)34(23)25;1-15-11-16(12-7-3-2-4-8-12)14-10-6-5-9-13(14)15;/h2-9,11-20H,1H3;2-7,9-10H,1H3;/q2*-1;+3. The summed E-state index contributed by atoms with van der Waals surface area (Å²) in [4.78, 5) is 5.10. The molecule has 6 heterocycles. The smallest absolute Gasteiger partial charge is 0.365 e. The Hall–Kier alpha value is -7.05. The molecule has 8 aromatic carbocycles. The average molecular weight is 933 g/mol. The molecule has 6 aromatic heterocycles. The van der Waals surface area contributed by atoms with Crippen LogP contribution < -0.4 is 4.57 Å². The zero-order valence-corrected chi connectivity index (χ0v) is 34.4. The van der Waals surface area contributed by atoms with Gasteiger partial charge in [0.1, 0.15) is 0 Å². The molecule has 0 N–H and O–H groups in total. The second kappa shape index (κ2) is 12.5. The Balaban J connectivity index is 0.000000187. The normalized spacial score (nSPS) is 12.1. The number of benzene rings is 8. The zero-order chi connectivity index (χ0) is 38.2. The molecule has 278 valence electrons. The number of hydrogen-bond donors (Lipinski definition) is 0. The number of aryl methyl sites for hydroxylation is 2. The molecule has 0 bridgehead atoms. The fraction of sp³-hybridized carbons (Fsp3) is 0.0385. The molecule has 0 saturated heterocycles. The van der Waals surface area contributed by atoms with Crippen LogP contribution in [-0.2, 0) is 34.2 Å². The van der Waals surface area contributed by atoms with Gasteiger partial charge in [-0.05, 0) is 30.3 Å². The van der Waals surface area contributed by atoms with Crippen molar-refractivity contribution in [3.05, 3.63) is 176 Å². The van der Waals surface area contributed by atoms with Gasteiger partial charge >= 0.3 is 20.1 Å². The van der Waals surface area contributed by atoms with Crippen molar-refractivity contribution >= 4 is 98.3 Å². The Morgan fingerprint density at radius 3 is 1.81 bits per heavy atom. The number of para-hydroxylation sites is 6. The van der Waals surface area contributed by atoms with Crippen molar-refractivity contribution in [2.24, 2.45) is 14.1 Å². The Morgan fingerprint density at radius 1 is 0.492 bits per heavy atom. The van der Waals surface area contributed by atoms with Crippen LogP contribution in [0.4, 0.5) is 0 Å². The topological polar surface area (TPSA) is 35.5 Å². The van der Waals surface area contributed by atoms with Crippen LogP contribution in [0.1, 0.15) is 0 Å². The predicted molar refractivity (Wildman–Crippen MR) is 236 cm³/mol. The molecule has 0 spiro atoms. The molecule has 0 unspecified atom stereocenters. The van der Waals surface area contributed by atoms with Crippen LogP contribution in [0.15, 0.2) is 158 Å². The first-order valence-electron chi connectivity index (χ1n) is 19.6. The second-order valence-corrected chi connectivity index (χ2v) is 15.3. The summed E-state index contributed by atoms with van der Waals surface area (Å²) >= 11 is 0. The molecule has 0 atom stereocenters. The Labute approximate surface area is 351 Å². The van der Waals surface area contributed by atoms with Crippen LogP contribution in [0, 0.1) is 18.5 Å². The number of imidazole rings is 2. The van der Waals surface area contributed by atoms with Gasteiger partial charge in [-0.25, -0.2) is 0 Å². The van der Waals surface area contributed by atoms with E-state index in [2.05, 4.69) is 148 Å². The van der Waals surface area contributed by atoms with Crippen molar-refractivity contribution in [3.63, 3.8) is 0 Å². The predicted octanol–water partition coefficient (Wildman–Crippen LogP) is 11.4. The molecule has 0 aliphatic rings. The number of fused-ring (bicyclic) bond motifs is 15. The summed E-state index contributed by atoms with van der Waals surface area (Å²) in [6.45, 7) is 0. The molecule has 0 amide bonds. The third kappa shape index (κ3) is 4.54. The summed E-state index contributed by atoms with van der Waals surface area (Å²) < 4.78 is 11.2. The number of rotatable bonds is 2. The molecule has 14 rings (SSSR count). The number of hydrogen-bond acceptors (Lipinski definition) is 1. The minimum absolute atomic E-state index is 0. The van der Waals surface area contributed by atoms with Crippen molar-refractivity contribution < 1.29 is 24.7 Å². The summed E-state index contributed by atoms with van der Waals surface area (Å²) in [7, 11) is 4.14. The van der Waals surface area contributed by atoms with Crippen molar-refractivity contribution in [1.82, 2.24) is 22.9 Å². The maximum Gasteiger partial charge on any atom is 3.00 e. The van der Waals surface area contributed by atoms with Crippen molar-refractivity contribution in [2.45, 2.75) is 0 Å². The van der Waals surface area contributed by atoms with Crippen molar-refractivity contribution in [2.75, 3.05) is 0 Å². The van der Waals surface area contributed by atoms with Crippen LogP contribution in [0.25, 0.3) is 115 Å². The van der Waals surface area contributed by atoms with Gasteiger partial charge < -0.3 is 22.5 Å². The molecule has 0 fully saturated rings. The number of nitrogens with zero attached hydrogens (tertiary/aromatic N) is 6. The SMILES string of the molecule is C[n+]1[c-]n(-c2[c-]cccc2)c2ccccc21.Cn1c(-c2[c-]cccc2)nc2ccc3c4cccc5c6cc7c(cc6n(c54)c3c21)c1cccc2c3ccccc3n7c21.[Ir+3]. The number of aromatic nitrogens is 6. The monoisotopic (exact) mass is 933 g/mol. The molecule has 7 heteroatoms. The van der Waals surface area contributed by atoms with Crippen LogP contribution in [0.2, 0.25) is 0 Å². The molecule has 0 aliphatic heterocycles. The average Bonchev–Trinajstić information content (AvgIpc) is 4.12. The first-order chi connectivity index (χ1) is 28.6. The molecule has 59 heavy (non-hydrogen) atoms. The fourth-order valence-electron chi connectivity index (χ4n) is 9.84. The van der Waals surface area contributed by atoms with Gasteiger partial charge in [0.25, 0.3) is 0 Å². The minimum atomic E-state index is 0. The Morgan fingerprint density at radius 2 is 1.08 bits per heavy atom. The summed E-state index contributed by atoms with van der Waals surface area (Å²) in [5.74, 6) is 0.932. The van der Waals surface area contributed by atoms with E-state index in [1.54, 1.807) is 0 Å². The molecule has 6 nitrogen and oxygen atoms in total. The maximum absolute atomic E-state index is 5.10. The second-order valence-electron chi connectivity index (χ2n) is 15.3. The van der Waals surface area contributed by atoms with E-state index >= 15 is 0 Å². The van der Waals surface area contributed by atoms with Crippen LogP contribution in [0.5, 0.6) is 0 Å². The van der Waals surface area contributed by atoms with Gasteiger partial charge in [0.15, 0.2) is 0 Å². The summed E-state index contributed by atoms with van der Waals surface area (Å²) in [6.07, 6.45) is 3.27. The molecular weight excluding hydrogens is 901 g/mol. The van der Waals surface area contributed by atoms with E-state index in [-0.39, 0.29) is 20.1 Å². The van der Waals surface area contributed by atoms with Crippen molar-refractivity contribution in [3.8, 4) is 17.1 Å². The van der Waals surface area contributed by atoms with Crippen LogP contribution >= 0.6 is 0 Å². The van der Waals surface area contributed by atoms with Gasteiger partial charge in [0.05, 0.1) is 68.0 Å². The largest absolute Gasteiger partial charge is 3.00 e. The Kier molecular flexibility index (Phi) is 7.19.